The van der Waals surface area contributed by atoms with E-state index in [1.54, 1.807) is 27.7 Å². The standard InChI is InChI=1S/C16H30O6/c1-11(9-19-13(17)15(3,4)5)21-14(18)20-10-12(2)22-16(6,7)8/h11-12H,9-10H2,1-8H3. The fourth-order valence-electron chi connectivity index (χ4n) is 1.46. The van der Waals surface area contributed by atoms with Crippen molar-refractivity contribution in [1.29, 1.82) is 0 Å². The van der Waals surface area contributed by atoms with E-state index in [0.717, 1.165) is 0 Å². The molecule has 22 heavy (non-hydrogen) atoms. The minimum atomic E-state index is -0.802. The second kappa shape index (κ2) is 8.36. The van der Waals surface area contributed by atoms with Crippen LogP contribution in [0.15, 0.2) is 0 Å². The lowest BCUT2D eigenvalue weighted by molar-refractivity contribution is -0.156. The minimum absolute atomic E-state index is 0.000746. The first kappa shape index (κ1) is 20.7. The number of carbonyl (C=O) groups excluding carboxylic acids is 2. The van der Waals surface area contributed by atoms with Gasteiger partial charge in [-0.05, 0) is 55.4 Å². The quantitative estimate of drug-likeness (QED) is 0.700. The third kappa shape index (κ3) is 10.4. The van der Waals surface area contributed by atoms with Gasteiger partial charge in [0, 0.05) is 0 Å². The van der Waals surface area contributed by atoms with E-state index in [4.69, 9.17) is 18.9 Å². The zero-order chi connectivity index (χ0) is 17.6. The van der Waals surface area contributed by atoms with Crippen molar-refractivity contribution in [2.75, 3.05) is 13.2 Å². The highest BCUT2D eigenvalue weighted by Crippen LogP contribution is 2.15. The fraction of sp³-hybridized carbons (Fsp3) is 0.875. The molecule has 0 aromatic rings. The van der Waals surface area contributed by atoms with Crippen LogP contribution >= 0.6 is 0 Å². The SMILES string of the molecule is CC(COC(=O)C(C)(C)C)OC(=O)OCC(C)OC(C)(C)C. The van der Waals surface area contributed by atoms with Crippen LogP contribution in [0.3, 0.4) is 0 Å². The molecule has 0 aliphatic carbocycles. The Hall–Kier alpha value is -1.30. The van der Waals surface area contributed by atoms with Gasteiger partial charge in [-0.3, -0.25) is 4.79 Å². The Morgan fingerprint density at radius 3 is 1.82 bits per heavy atom. The maximum absolute atomic E-state index is 11.6. The molecule has 0 aliphatic heterocycles. The first-order valence-electron chi connectivity index (χ1n) is 7.49. The van der Waals surface area contributed by atoms with Gasteiger partial charge in [0.1, 0.15) is 19.3 Å². The minimum Gasteiger partial charge on any atom is -0.461 e. The predicted octanol–water partition coefficient (Wildman–Crippen LogP) is 3.32. The molecule has 0 N–H and O–H groups in total. The highest BCUT2D eigenvalue weighted by atomic mass is 16.7. The third-order valence-electron chi connectivity index (χ3n) is 2.35. The maximum Gasteiger partial charge on any atom is 0.508 e. The highest BCUT2D eigenvalue weighted by Gasteiger charge is 2.24. The summed E-state index contributed by atoms with van der Waals surface area (Å²) in [5, 5.41) is 0. The Morgan fingerprint density at radius 1 is 0.864 bits per heavy atom. The van der Waals surface area contributed by atoms with Crippen LogP contribution in [0.5, 0.6) is 0 Å². The number of rotatable bonds is 6. The lowest BCUT2D eigenvalue weighted by atomic mass is 9.97. The molecule has 0 radical (unpaired) electrons. The second-order valence-corrected chi connectivity index (χ2v) is 7.38. The van der Waals surface area contributed by atoms with Gasteiger partial charge in [-0.25, -0.2) is 4.79 Å². The summed E-state index contributed by atoms with van der Waals surface area (Å²) >= 11 is 0. The molecule has 2 atom stereocenters. The average molecular weight is 318 g/mol. The third-order valence-corrected chi connectivity index (χ3v) is 2.35. The van der Waals surface area contributed by atoms with Crippen molar-refractivity contribution in [3.63, 3.8) is 0 Å². The number of carbonyl (C=O) groups is 2. The van der Waals surface area contributed by atoms with Gasteiger partial charge in [0.25, 0.3) is 0 Å². The molecule has 0 rings (SSSR count). The molecule has 0 fully saturated rings. The zero-order valence-corrected chi connectivity index (χ0v) is 15.0. The smallest absolute Gasteiger partial charge is 0.461 e. The highest BCUT2D eigenvalue weighted by molar-refractivity contribution is 5.75. The Balaban J connectivity index is 3.99. The van der Waals surface area contributed by atoms with E-state index in [9.17, 15) is 9.59 Å². The van der Waals surface area contributed by atoms with Crippen molar-refractivity contribution in [3.05, 3.63) is 0 Å². The number of esters is 1. The molecule has 2 unspecified atom stereocenters. The van der Waals surface area contributed by atoms with Crippen molar-refractivity contribution < 1.29 is 28.5 Å². The zero-order valence-electron chi connectivity index (χ0n) is 15.0. The van der Waals surface area contributed by atoms with E-state index in [1.807, 2.05) is 27.7 Å². The molecular formula is C16H30O6. The van der Waals surface area contributed by atoms with E-state index in [2.05, 4.69) is 0 Å². The van der Waals surface area contributed by atoms with Crippen LogP contribution in [0.2, 0.25) is 0 Å². The summed E-state index contributed by atoms with van der Waals surface area (Å²) in [7, 11) is 0. The lowest BCUT2D eigenvalue weighted by Crippen LogP contribution is -2.31. The van der Waals surface area contributed by atoms with Crippen molar-refractivity contribution in [3.8, 4) is 0 Å². The molecule has 0 saturated carbocycles. The molecule has 0 bridgehead atoms. The Labute approximate surface area is 133 Å². The first-order valence-corrected chi connectivity index (χ1v) is 7.49. The maximum atomic E-state index is 11.6. The van der Waals surface area contributed by atoms with E-state index < -0.39 is 17.7 Å². The largest absolute Gasteiger partial charge is 0.508 e. The number of hydrogen-bond acceptors (Lipinski definition) is 6. The summed E-state index contributed by atoms with van der Waals surface area (Å²) in [5.74, 6) is -0.344. The fourth-order valence-corrected chi connectivity index (χ4v) is 1.46. The van der Waals surface area contributed by atoms with Crippen LogP contribution in [0.1, 0.15) is 55.4 Å². The summed E-state index contributed by atoms with van der Waals surface area (Å²) in [6, 6.07) is 0. The van der Waals surface area contributed by atoms with Crippen LogP contribution in [0.4, 0.5) is 4.79 Å². The van der Waals surface area contributed by atoms with Crippen molar-refractivity contribution in [1.82, 2.24) is 0 Å². The van der Waals surface area contributed by atoms with Gasteiger partial charge in [0.15, 0.2) is 0 Å². The molecule has 0 heterocycles. The van der Waals surface area contributed by atoms with E-state index >= 15 is 0 Å². The van der Waals surface area contributed by atoms with Gasteiger partial charge in [0.2, 0.25) is 0 Å². The van der Waals surface area contributed by atoms with Gasteiger partial charge < -0.3 is 18.9 Å². The molecule has 0 saturated heterocycles. The van der Waals surface area contributed by atoms with E-state index in [1.165, 1.54) is 0 Å². The molecule has 0 amide bonds. The first-order chi connectivity index (χ1) is 9.81. The predicted molar refractivity (Wildman–Crippen MR) is 82.6 cm³/mol. The Kier molecular flexibility index (Phi) is 7.87. The lowest BCUT2D eigenvalue weighted by Gasteiger charge is -2.25. The summed E-state index contributed by atoms with van der Waals surface area (Å²) in [6.45, 7) is 14.6. The van der Waals surface area contributed by atoms with Crippen LogP contribution in [-0.2, 0) is 23.7 Å². The molecule has 6 nitrogen and oxygen atoms in total. The van der Waals surface area contributed by atoms with Gasteiger partial charge >= 0.3 is 12.1 Å². The van der Waals surface area contributed by atoms with Crippen LogP contribution in [-0.4, -0.2) is 43.1 Å². The average Bonchev–Trinajstić information content (AvgIpc) is 2.30. The van der Waals surface area contributed by atoms with E-state index in [0.29, 0.717) is 0 Å². The molecule has 6 heteroatoms. The summed E-state index contributed by atoms with van der Waals surface area (Å²) in [4.78, 5) is 23.1. The van der Waals surface area contributed by atoms with Gasteiger partial charge in [-0.2, -0.15) is 0 Å². The molecule has 130 valence electrons. The second-order valence-electron chi connectivity index (χ2n) is 7.38. The molecule has 0 aliphatic rings. The van der Waals surface area contributed by atoms with E-state index in [-0.39, 0.29) is 30.9 Å². The van der Waals surface area contributed by atoms with Crippen molar-refractivity contribution in [2.24, 2.45) is 5.41 Å². The summed E-state index contributed by atoms with van der Waals surface area (Å²) < 4.78 is 20.6. The molecule has 0 spiro atoms. The Bertz CT molecular complexity index is 364. The van der Waals surface area contributed by atoms with Crippen LogP contribution < -0.4 is 0 Å². The topological polar surface area (TPSA) is 71.1 Å². The summed E-state index contributed by atoms with van der Waals surface area (Å²) in [6.07, 6.45) is -1.61. The van der Waals surface area contributed by atoms with Crippen LogP contribution in [0, 0.1) is 5.41 Å². The monoisotopic (exact) mass is 318 g/mol. The van der Waals surface area contributed by atoms with Crippen molar-refractivity contribution >= 4 is 12.1 Å². The summed E-state index contributed by atoms with van der Waals surface area (Å²) in [5.41, 5.74) is -0.888. The van der Waals surface area contributed by atoms with Gasteiger partial charge in [0.05, 0.1) is 17.1 Å². The number of hydrogen-bond donors (Lipinski definition) is 0. The van der Waals surface area contributed by atoms with Gasteiger partial charge in [-0.15, -0.1) is 0 Å². The molecule has 0 aromatic heterocycles. The van der Waals surface area contributed by atoms with Crippen LogP contribution in [0.25, 0.3) is 0 Å². The molecule has 0 aromatic carbocycles. The Morgan fingerprint density at radius 2 is 1.36 bits per heavy atom. The normalized spacial score (nSPS) is 14.9. The van der Waals surface area contributed by atoms with Crippen molar-refractivity contribution in [2.45, 2.75) is 73.2 Å². The van der Waals surface area contributed by atoms with Gasteiger partial charge in [-0.1, -0.05) is 0 Å². The number of ether oxygens (including phenoxy) is 4. The molecular weight excluding hydrogens is 288 g/mol.